The van der Waals surface area contributed by atoms with Crippen LogP contribution in [0.4, 0.5) is 17.6 Å². The van der Waals surface area contributed by atoms with Crippen molar-refractivity contribution in [1.82, 2.24) is 15.3 Å². The van der Waals surface area contributed by atoms with Gasteiger partial charge in [-0.25, -0.2) is 0 Å². The number of nitrogens with one attached hydrogen (secondary N) is 2. The second kappa shape index (κ2) is 10.1. The molecule has 0 saturated carbocycles. The number of nitrogens with zero attached hydrogens (tertiary/aromatic N) is 4. The van der Waals surface area contributed by atoms with E-state index in [1.807, 2.05) is 0 Å². The highest BCUT2D eigenvalue weighted by Gasteiger charge is 2.22. The third-order valence-corrected chi connectivity index (χ3v) is 6.90. The van der Waals surface area contributed by atoms with Crippen LogP contribution in [0.2, 0.25) is 0 Å². The molecule has 3 saturated heterocycles. The molecule has 166 valence electrons. The Hall–Kier alpha value is -1.67. The van der Waals surface area contributed by atoms with Crippen LogP contribution in [0.1, 0.15) is 52.4 Å². The molecule has 0 unspecified atom stereocenters. The van der Waals surface area contributed by atoms with Gasteiger partial charge in [-0.3, -0.25) is 0 Å². The van der Waals surface area contributed by atoms with E-state index in [0.717, 1.165) is 75.6 Å². The van der Waals surface area contributed by atoms with Gasteiger partial charge >= 0.3 is 0 Å². The molecule has 1 atom stereocenters. The summed E-state index contributed by atoms with van der Waals surface area (Å²) >= 11 is 5.52. The molecule has 3 fully saturated rings. The first-order valence-corrected chi connectivity index (χ1v) is 12.0. The lowest BCUT2D eigenvalue weighted by atomic mass is 9.99. The molecule has 1 aromatic heterocycles. The van der Waals surface area contributed by atoms with Crippen LogP contribution >= 0.6 is 12.2 Å². The fourth-order valence-electron chi connectivity index (χ4n) is 4.43. The molecule has 2 N–H and O–H groups in total. The SMILES string of the molecule is CC1CCN(c2cc(N3CCC(C)CC3)nc(NC(=S)NC[C@H]3CCCO3)n2)CC1. The van der Waals surface area contributed by atoms with Crippen molar-refractivity contribution in [2.24, 2.45) is 11.8 Å². The largest absolute Gasteiger partial charge is 0.376 e. The number of piperidine rings is 2. The number of thiocarbonyl (C=S) groups is 1. The molecule has 1 aromatic rings. The van der Waals surface area contributed by atoms with Crippen molar-refractivity contribution in [3.05, 3.63) is 6.07 Å². The van der Waals surface area contributed by atoms with Crippen LogP contribution in [0.3, 0.4) is 0 Å². The van der Waals surface area contributed by atoms with Gasteiger partial charge in [0, 0.05) is 45.4 Å². The average Bonchev–Trinajstić information content (AvgIpc) is 3.27. The normalized spacial score (nSPS) is 23.6. The first-order valence-electron chi connectivity index (χ1n) is 11.6. The Morgan fingerprint density at radius 2 is 1.57 bits per heavy atom. The Balaban J connectivity index is 1.46. The minimum absolute atomic E-state index is 0.248. The van der Waals surface area contributed by atoms with Crippen molar-refractivity contribution in [3.8, 4) is 0 Å². The number of aromatic nitrogens is 2. The lowest BCUT2D eigenvalue weighted by molar-refractivity contribution is 0.114. The van der Waals surface area contributed by atoms with E-state index in [4.69, 9.17) is 26.9 Å². The topological polar surface area (TPSA) is 65.5 Å². The van der Waals surface area contributed by atoms with E-state index < -0.39 is 0 Å². The van der Waals surface area contributed by atoms with Crippen LogP contribution in [0.15, 0.2) is 6.07 Å². The van der Waals surface area contributed by atoms with Crippen LogP contribution in [0.25, 0.3) is 0 Å². The second-order valence-corrected chi connectivity index (χ2v) is 9.63. The first-order chi connectivity index (χ1) is 14.6. The number of hydrogen-bond acceptors (Lipinski definition) is 6. The fourth-order valence-corrected chi connectivity index (χ4v) is 4.61. The Morgan fingerprint density at radius 1 is 1.00 bits per heavy atom. The zero-order valence-corrected chi connectivity index (χ0v) is 19.2. The zero-order valence-electron chi connectivity index (χ0n) is 18.4. The molecule has 4 rings (SSSR count). The van der Waals surface area contributed by atoms with E-state index >= 15 is 0 Å². The highest BCUT2D eigenvalue weighted by molar-refractivity contribution is 7.80. The summed E-state index contributed by atoms with van der Waals surface area (Å²) in [4.78, 5) is 14.4. The van der Waals surface area contributed by atoms with Crippen LogP contribution in [-0.4, -0.2) is 60.5 Å². The third kappa shape index (κ3) is 5.72. The summed E-state index contributed by atoms with van der Waals surface area (Å²) in [5.41, 5.74) is 0. The maximum atomic E-state index is 5.67. The summed E-state index contributed by atoms with van der Waals surface area (Å²) in [7, 11) is 0. The standard InChI is InChI=1S/C22H36N6OS/c1-16-5-9-27(10-6-16)19-14-20(28-11-7-17(2)8-12-28)25-21(24-19)26-22(30)23-15-18-4-3-13-29-18/h14,16-18H,3-13,15H2,1-2H3,(H2,23,24,25,26,30)/t18-/m1/s1. The Bertz CT molecular complexity index is 669. The molecule has 8 heteroatoms. The molecule has 3 aliphatic rings. The molecule has 0 amide bonds. The van der Waals surface area contributed by atoms with E-state index in [1.165, 1.54) is 25.7 Å². The number of hydrogen-bond donors (Lipinski definition) is 2. The summed E-state index contributed by atoms with van der Waals surface area (Å²) in [6.07, 6.45) is 7.32. The summed E-state index contributed by atoms with van der Waals surface area (Å²) in [6, 6.07) is 2.17. The van der Waals surface area contributed by atoms with Crippen molar-refractivity contribution in [2.75, 3.05) is 54.4 Å². The van der Waals surface area contributed by atoms with Gasteiger partial charge in [0.15, 0.2) is 5.11 Å². The Kier molecular flexibility index (Phi) is 7.25. The summed E-state index contributed by atoms with van der Waals surface area (Å²) in [6.45, 7) is 10.5. The van der Waals surface area contributed by atoms with Crippen molar-refractivity contribution in [3.63, 3.8) is 0 Å². The van der Waals surface area contributed by atoms with E-state index in [0.29, 0.717) is 11.1 Å². The van der Waals surface area contributed by atoms with Gasteiger partial charge in [0.2, 0.25) is 5.95 Å². The molecule has 0 bridgehead atoms. The molecule has 30 heavy (non-hydrogen) atoms. The number of rotatable bonds is 5. The van der Waals surface area contributed by atoms with Gasteiger partial charge in [0.05, 0.1) is 6.10 Å². The van der Waals surface area contributed by atoms with E-state index in [-0.39, 0.29) is 6.10 Å². The van der Waals surface area contributed by atoms with Gasteiger partial charge in [-0.05, 0) is 62.6 Å². The van der Waals surface area contributed by atoms with Crippen molar-refractivity contribution < 1.29 is 4.74 Å². The summed E-state index contributed by atoms with van der Waals surface area (Å²) < 4.78 is 5.67. The molecule has 4 heterocycles. The first kappa shape index (κ1) is 21.6. The monoisotopic (exact) mass is 432 g/mol. The van der Waals surface area contributed by atoms with E-state index in [2.05, 4.69) is 40.3 Å². The second-order valence-electron chi connectivity index (χ2n) is 9.22. The molecule has 0 spiro atoms. The molecular formula is C22H36N6OS. The quantitative estimate of drug-likeness (QED) is 0.686. The summed E-state index contributed by atoms with van der Waals surface area (Å²) in [5.74, 6) is 4.19. The molecule has 3 aliphatic heterocycles. The van der Waals surface area contributed by atoms with Gasteiger partial charge in [-0.1, -0.05) is 13.8 Å². The van der Waals surface area contributed by atoms with Crippen molar-refractivity contribution >= 4 is 34.9 Å². The number of ether oxygens (including phenoxy) is 1. The van der Waals surface area contributed by atoms with Gasteiger partial charge in [0.25, 0.3) is 0 Å². The minimum atomic E-state index is 0.248. The smallest absolute Gasteiger partial charge is 0.232 e. The average molecular weight is 433 g/mol. The fraction of sp³-hybridized carbons (Fsp3) is 0.773. The van der Waals surface area contributed by atoms with Gasteiger partial charge in [-0.15, -0.1) is 0 Å². The Morgan fingerprint density at radius 3 is 2.07 bits per heavy atom. The lowest BCUT2D eigenvalue weighted by Gasteiger charge is -2.34. The molecule has 0 aromatic carbocycles. The Labute approximate surface area is 186 Å². The van der Waals surface area contributed by atoms with Crippen LogP contribution in [0.5, 0.6) is 0 Å². The maximum absolute atomic E-state index is 5.67. The third-order valence-electron chi connectivity index (χ3n) is 6.65. The zero-order chi connectivity index (χ0) is 20.9. The minimum Gasteiger partial charge on any atom is -0.376 e. The van der Waals surface area contributed by atoms with Gasteiger partial charge in [-0.2, -0.15) is 9.97 Å². The van der Waals surface area contributed by atoms with Crippen molar-refractivity contribution in [2.45, 2.75) is 58.5 Å². The predicted octanol–water partition coefficient (Wildman–Crippen LogP) is 3.41. The van der Waals surface area contributed by atoms with Crippen LogP contribution in [0, 0.1) is 11.8 Å². The van der Waals surface area contributed by atoms with Crippen LogP contribution in [-0.2, 0) is 4.74 Å². The highest BCUT2D eigenvalue weighted by atomic mass is 32.1. The number of anilines is 3. The predicted molar refractivity (Wildman–Crippen MR) is 126 cm³/mol. The van der Waals surface area contributed by atoms with Crippen LogP contribution < -0.4 is 20.4 Å². The molecule has 0 aliphatic carbocycles. The summed E-state index contributed by atoms with van der Waals surface area (Å²) in [5, 5.41) is 7.07. The van der Waals surface area contributed by atoms with Gasteiger partial charge < -0.3 is 25.2 Å². The van der Waals surface area contributed by atoms with Crippen molar-refractivity contribution in [1.29, 1.82) is 0 Å². The highest BCUT2D eigenvalue weighted by Crippen LogP contribution is 2.28. The molecular weight excluding hydrogens is 396 g/mol. The van der Waals surface area contributed by atoms with Gasteiger partial charge in [0.1, 0.15) is 11.6 Å². The van der Waals surface area contributed by atoms with E-state index in [1.54, 1.807) is 0 Å². The van der Waals surface area contributed by atoms with E-state index in [9.17, 15) is 0 Å². The maximum Gasteiger partial charge on any atom is 0.232 e. The lowest BCUT2D eigenvalue weighted by Crippen LogP contribution is -2.37. The molecule has 0 radical (unpaired) electrons. The molecule has 7 nitrogen and oxygen atoms in total.